The number of anilines is 2. The summed E-state index contributed by atoms with van der Waals surface area (Å²) in [7, 11) is 3.13. The lowest BCUT2D eigenvalue weighted by atomic mass is 10.2. The van der Waals surface area contributed by atoms with Crippen molar-refractivity contribution in [1.82, 2.24) is 0 Å². The van der Waals surface area contributed by atoms with Crippen molar-refractivity contribution in [3.05, 3.63) is 93.0 Å². The summed E-state index contributed by atoms with van der Waals surface area (Å²) in [5, 5.41) is 25.6. The molecule has 0 aliphatic heterocycles. The number of nitro groups is 2. The van der Waals surface area contributed by atoms with Gasteiger partial charge in [0.15, 0.2) is 0 Å². The molecule has 0 radical (unpaired) electrons. The van der Waals surface area contributed by atoms with Crippen LogP contribution in [-0.2, 0) is 0 Å². The maximum atomic E-state index is 11.5. The largest absolute Gasteiger partial charge is 0.372 e. The van der Waals surface area contributed by atoms with Crippen molar-refractivity contribution in [2.75, 3.05) is 24.2 Å². The van der Waals surface area contributed by atoms with Gasteiger partial charge >= 0.3 is 11.4 Å². The molecule has 0 heterocycles. The van der Waals surface area contributed by atoms with Gasteiger partial charge in [-0.3, -0.25) is 20.2 Å². The topological polar surface area (TPSA) is 111 Å². The third kappa shape index (κ3) is 4.55. The van der Waals surface area contributed by atoms with Gasteiger partial charge in [-0.25, -0.2) is 10.1 Å². The molecule has 0 saturated heterocycles. The minimum Gasteiger partial charge on any atom is -0.372 e. The van der Waals surface area contributed by atoms with E-state index in [1.54, 1.807) is 62.6 Å². The number of hydrogen-bond acceptors (Lipinski definition) is 8. The number of benzene rings is 3. The molecule has 0 bridgehead atoms. The van der Waals surface area contributed by atoms with E-state index in [0.717, 1.165) is 12.1 Å². The molecule has 0 aromatic heterocycles. The second kappa shape index (κ2) is 8.78. The molecule has 154 valence electrons. The Balaban J connectivity index is 1.99. The zero-order valence-corrected chi connectivity index (χ0v) is 16.2. The van der Waals surface area contributed by atoms with E-state index in [2.05, 4.69) is 0 Å². The van der Waals surface area contributed by atoms with E-state index >= 15 is 0 Å². The lowest BCUT2D eigenvalue weighted by Gasteiger charge is -2.21. The summed E-state index contributed by atoms with van der Waals surface area (Å²) in [5.41, 5.74) is 0.154. The van der Waals surface area contributed by atoms with E-state index in [1.807, 2.05) is 12.1 Å². The molecule has 0 spiro atoms. The third-order valence-electron chi connectivity index (χ3n) is 4.14. The molecule has 3 aromatic carbocycles. The van der Waals surface area contributed by atoms with Gasteiger partial charge in [0.2, 0.25) is 11.5 Å². The molecule has 0 fully saturated rings. The second-order valence-corrected chi connectivity index (χ2v) is 6.15. The Bertz CT molecular complexity index is 965. The molecule has 0 N–H and O–H groups in total. The van der Waals surface area contributed by atoms with Crippen molar-refractivity contribution < 1.29 is 19.5 Å². The number of rotatable bonds is 8. The second-order valence-electron chi connectivity index (χ2n) is 6.15. The van der Waals surface area contributed by atoms with Crippen LogP contribution in [0.15, 0.2) is 72.8 Å². The first-order chi connectivity index (χ1) is 14.4. The number of nitro benzene ring substituents is 2. The fraction of sp³-hybridized carbons (Fsp3) is 0.100. The summed E-state index contributed by atoms with van der Waals surface area (Å²) >= 11 is 0. The summed E-state index contributed by atoms with van der Waals surface area (Å²) in [6.45, 7) is 0. The monoisotopic (exact) mass is 410 g/mol. The summed E-state index contributed by atoms with van der Waals surface area (Å²) in [5.74, 6) is -0.401. The molecule has 0 aliphatic carbocycles. The fourth-order valence-corrected chi connectivity index (χ4v) is 2.65. The Morgan fingerprint density at radius 3 is 1.37 bits per heavy atom. The van der Waals surface area contributed by atoms with Gasteiger partial charge in [-0.05, 0) is 24.3 Å². The van der Waals surface area contributed by atoms with Crippen molar-refractivity contribution in [3.63, 3.8) is 0 Å². The third-order valence-corrected chi connectivity index (χ3v) is 4.14. The standard InChI is InChI=1S/C20H18N4O6/c1-21(15-9-5-3-6-10-15)29-19-14-20(18(24(27)28)13-17(19)23(25)26)30-22(2)16-11-7-4-8-12-16/h3-14H,1-2H3. The summed E-state index contributed by atoms with van der Waals surface area (Å²) in [4.78, 5) is 32.8. The van der Waals surface area contributed by atoms with E-state index in [4.69, 9.17) is 9.68 Å². The highest BCUT2D eigenvalue weighted by Gasteiger charge is 2.29. The molecule has 0 unspecified atom stereocenters. The number of hydrogen-bond donors (Lipinski definition) is 0. The smallest absolute Gasteiger partial charge is 0.321 e. The molecule has 3 aromatic rings. The van der Waals surface area contributed by atoms with Gasteiger partial charge < -0.3 is 9.68 Å². The molecule has 0 atom stereocenters. The lowest BCUT2D eigenvalue weighted by molar-refractivity contribution is -0.395. The Kier molecular flexibility index (Phi) is 5.97. The maximum Gasteiger partial charge on any atom is 0.321 e. The lowest BCUT2D eigenvalue weighted by Crippen LogP contribution is -2.24. The van der Waals surface area contributed by atoms with E-state index < -0.39 is 21.2 Å². The van der Waals surface area contributed by atoms with Crippen LogP contribution in [0.3, 0.4) is 0 Å². The SMILES string of the molecule is CN(Oc1cc(ON(C)c2ccccc2)c([N+](=O)[O-])cc1[N+](=O)[O-])c1ccccc1. The van der Waals surface area contributed by atoms with Crippen molar-refractivity contribution >= 4 is 22.7 Å². The summed E-state index contributed by atoms with van der Waals surface area (Å²) < 4.78 is 0. The van der Waals surface area contributed by atoms with Crippen LogP contribution >= 0.6 is 0 Å². The first-order valence-corrected chi connectivity index (χ1v) is 8.77. The van der Waals surface area contributed by atoms with Crippen LogP contribution < -0.4 is 19.8 Å². The predicted octanol–water partition coefficient (Wildman–Crippen LogP) is 4.36. The van der Waals surface area contributed by atoms with Crippen molar-refractivity contribution in [2.45, 2.75) is 0 Å². The Morgan fingerprint density at radius 2 is 1.03 bits per heavy atom. The fourth-order valence-electron chi connectivity index (χ4n) is 2.65. The molecule has 0 amide bonds. The predicted molar refractivity (Wildman–Crippen MR) is 111 cm³/mol. The van der Waals surface area contributed by atoms with E-state index in [0.29, 0.717) is 11.4 Å². The molecule has 30 heavy (non-hydrogen) atoms. The van der Waals surface area contributed by atoms with Crippen molar-refractivity contribution in [1.29, 1.82) is 0 Å². The molecular formula is C20H18N4O6. The maximum absolute atomic E-state index is 11.5. The zero-order valence-electron chi connectivity index (χ0n) is 16.2. The molecule has 0 saturated carbocycles. The van der Waals surface area contributed by atoms with Gasteiger partial charge in [0, 0.05) is 20.2 Å². The average Bonchev–Trinajstić information content (AvgIpc) is 2.74. The first-order valence-electron chi connectivity index (χ1n) is 8.77. The van der Waals surface area contributed by atoms with Crippen molar-refractivity contribution in [2.24, 2.45) is 0 Å². The van der Waals surface area contributed by atoms with Gasteiger partial charge in [-0.2, -0.15) is 0 Å². The van der Waals surface area contributed by atoms with Crippen LogP contribution in [0.2, 0.25) is 0 Å². The molecule has 10 nitrogen and oxygen atoms in total. The highest BCUT2D eigenvalue weighted by molar-refractivity contribution is 5.62. The van der Waals surface area contributed by atoms with Crippen LogP contribution in [0.4, 0.5) is 22.7 Å². The number of hydroxylamine groups is 2. The molecule has 10 heteroatoms. The average molecular weight is 410 g/mol. The van der Waals surface area contributed by atoms with E-state index in [9.17, 15) is 20.2 Å². The van der Waals surface area contributed by atoms with Gasteiger partial charge in [-0.15, -0.1) is 0 Å². The quantitative estimate of drug-likeness (QED) is 0.398. The molecular weight excluding hydrogens is 392 g/mol. The van der Waals surface area contributed by atoms with Crippen molar-refractivity contribution in [3.8, 4) is 11.5 Å². The minimum absolute atomic E-state index is 0.201. The highest BCUT2D eigenvalue weighted by Crippen LogP contribution is 2.40. The summed E-state index contributed by atoms with van der Waals surface area (Å²) in [6, 6.07) is 19.7. The normalized spacial score (nSPS) is 10.2. The first kappa shape index (κ1) is 20.4. The highest BCUT2D eigenvalue weighted by atomic mass is 16.7. The van der Waals surface area contributed by atoms with Gasteiger partial charge in [-0.1, -0.05) is 36.4 Å². The van der Waals surface area contributed by atoms with Crippen LogP contribution in [0, 0.1) is 20.2 Å². The Hall–Kier alpha value is -4.34. The summed E-state index contributed by atoms with van der Waals surface area (Å²) in [6.07, 6.45) is 0. The zero-order chi connectivity index (χ0) is 21.7. The number of nitrogens with zero attached hydrogens (tertiary/aromatic N) is 4. The molecule has 0 aliphatic rings. The van der Waals surface area contributed by atoms with Crippen LogP contribution in [-0.4, -0.2) is 23.9 Å². The van der Waals surface area contributed by atoms with E-state index in [-0.39, 0.29) is 11.5 Å². The van der Waals surface area contributed by atoms with Crippen LogP contribution in [0.25, 0.3) is 0 Å². The van der Waals surface area contributed by atoms with Gasteiger partial charge in [0.1, 0.15) is 6.07 Å². The number of para-hydroxylation sites is 2. The molecule has 3 rings (SSSR count). The van der Waals surface area contributed by atoms with Crippen LogP contribution in [0.1, 0.15) is 0 Å². The van der Waals surface area contributed by atoms with Crippen LogP contribution in [0.5, 0.6) is 11.5 Å². The minimum atomic E-state index is -0.744. The Labute approximate surface area is 171 Å². The van der Waals surface area contributed by atoms with E-state index in [1.165, 1.54) is 10.1 Å². The van der Waals surface area contributed by atoms with Gasteiger partial charge in [0.05, 0.1) is 21.2 Å². The Morgan fingerprint density at radius 1 is 0.667 bits per heavy atom. The van der Waals surface area contributed by atoms with Gasteiger partial charge in [0.25, 0.3) is 0 Å².